The summed E-state index contributed by atoms with van der Waals surface area (Å²) in [6.45, 7) is 9.81. The van der Waals surface area contributed by atoms with Gasteiger partial charge in [0.05, 0.1) is 5.56 Å². The first-order valence-corrected chi connectivity index (χ1v) is 14.0. The molecule has 0 radical (unpaired) electrons. The molecule has 0 amide bonds. The number of likely N-dealkylation sites (tertiary alicyclic amines) is 1. The number of fused-ring (bicyclic) bond motifs is 1. The van der Waals surface area contributed by atoms with Crippen molar-refractivity contribution in [3.63, 3.8) is 0 Å². The number of ether oxygens (including phenoxy) is 2. The van der Waals surface area contributed by atoms with Crippen LogP contribution in [-0.4, -0.2) is 47.1 Å². The van der Waals surface area contributed by atoms with E-state index in [-0.39, 0.29) is 11.4 Å². The summed E-state index contributed by atoms with van der Waals surface area (Å²) in [5.41, 5.74) is 1.72. The monoisotopic (exact) mass is 515 g/mol. The summed E-state index contributed by atoms with van der Waals surface area (Å²) in [5.74, 6) is 1.24. The zero-order chi connectivity index (χ0) is 26.0. The highest BCUT2D eigenvalue weighted by Crippen LogP contribution is 2.45. The van der Waals surface area contributed by atoms with Gasteiger partial charge < -0.3 is 14.0 Å². The van der Waals surface area contributed by atoms with Crippen LogP contribution >= 0.6 is 10.8 Å². The predicted octanol–water partition coefficient (Wildman–Crippen LogP) is 7.12. The zero-order valence-electron chi connectivity index (χ0n) is 21.7. The van der Waals surface area contributed by atoms with Gasteiger partial charge in [-0.05, 0) is 112 Å². The van der Waals surface area contributed by atoms with Gasteiger partial charge in [0.25, 0.3) is 0 Å². The summed E-state index contributed by atoms with van der Waals surface area (Å²) >= 11 is 0. The number of ketones is 1. The Balaban J connectivity index is 1.44. The Morgan fingerprint density at radius 2 is 1.57 bits per heavy atom. The minimum Gasteiger partial charge on any atom is -0.590 e. The number of nitrogens with zero attached hydrogens (tertiary/aromatic N) is 1. The molecule has 5 nitrogen and oxygen atoms in total. The molecule has 0 saturated carbocycles. The lowest BCUT2D eigenvalue weighted by Gasteiger charge is -2.21. The van der Waals surface area contributed by atoms with Gasteiger partial charge in [0.2, 0.25) is 10.7 Å². The Bertz CT molecular complexity index is 1380. The van der Waals surface area contributed by atoms with Crippen molar-refractivity contribution >= 4 is 26.6 Å². The molecule has 1 fully saturated rings. The fourth-order valence-electron chi connectivity index (χ4n) is 4.82. The average Bonchev–Trinajstić information content (AvgIpc) is 3.50. The zero-order valence-corrected chi connectivity index (χ0v) is 22.5. The topological polar surface area (TPSA) is 61.8 Å². The number of carbonyl (C=O) groups excluding carboxylic acids is 1. The second kappa shape index (κ2) is 10.7. The molecule has 4 aromatic rings. The molecule has 1 aliphatic rings. The van der Waals surface area contributed by atoms with E-state index in [0.29, 0.717) is 27.5 Å². The van der Waals surface area contributed by atoms with Crippen LogP contribution in [0.2, 0.25) is 0 Å². The molecule has 1 saturated heterocycles. The lowest BCUT2D eigenvalue weighted by molar-refractivity contribution is 0.104. The van der Waals surface area contributed by atoms with E-state index in [4.69, 9.17) is 9.47 Å². The van der Waals surface area contributed by atoms with Crippen molar-refractivity contribution in [2.45, 2.75) is 39.2 Å². The van der Waals surface area contributed by atoms with Gasteiger partial charge in [0, 0.05) is 17.5 Å². The third-order valence-corrected chi connectivity index (χ3v) is 8.05. The molecule has 37 heavy (non-hydrogen) atoms. The minimum atomic E-state index is -1.57. The van der Waals surface area contributed by atoms with Crippen molar-refractivity contribution in [2.75, 3.05) is 26.2 Å². The van der Waals surface area contributed by atoms with Crippen LogP contribution in [-0.2, 0) is 0 Å². The van der Waals surface area contributed by atoms with Crippen LogP contribution in [0.15, 0.2) is 72.8 Å². The van der Waals surface area contributed by atoms with Crippen LogP contribution in [0.4, 0.5) is 0 Å². The van der Waals surface area contributed by atoms with Gasteiger partial charge in [0.15, 0.2) is 4.70 Å². The molecule has 1 atom stereocenters. The van der Waals surface area contributed by atoms with E-state index in [2.05, 4.69) is 4.90 Å². The van der Waals surface area contributed by atoms with Gasteiger partial charge in [-0.25, -0.2) is 0 Å². The molecule has 2 heterocycles. The SMILES string of the molecule is CC(C)(C)Oc1ccc(C(=O)c2c(-c3ccc(OCCN4CCCC4)cc3)c3ccccc3[s+]2[O-])cc1. The van der Waals surface area contributed by atoms with Gasteiger partial charge in [0.1, 0.15) is 23.7 Å². The van der Waals surface area contributed by atoms with Gasteiger partial charge in [-0.2, -0.15) is 0 Å². The number of rotatable bonds is 8. The molecule has 1 aromatic heterocycles. The number of benzene rings is 3. The third-order valence-electron chi connectivity index (χ3n) is 6.53. The smallest absolute Gasteiger partial charge is 0.245 e. The van der Waals surface area contributed by atoms with Gasteiger partial charge in [-0.1, -0.05) is 24.3 Å². The Morgan fingerprint density at radius 3 is 2.24 bits per heavy atom. The van der Waals surface area contributed by atoms with Gasteiger partial charge >= 0.3 is 0 Å². The van der Waals surface area contributed by atoms with Crippen molar-refractivity contribution in [1.82, 2.24) is 4.90 Å². The highest BCUT2D eigenvalue weighted by Gasteiger charge is 2.30. The van der Waals surface area contributed by atoms with Crippen LogP contribution in [0.1, 0.15) is 48.8 Å². The molecule has 3 aromatic carbocycles. The molecular weight excluding hydrogens is 482 g/mol. The highest BCUT2D eigenvalue weighted by atomic mass is 32.2. The summed E-state index contributed by atoms with van der Waals surface area (Å²) in [5, 5.41) is 0.833. The first-order valence-electron chi connectivity index (χ1n) is 12.8. The maximum atomic E-state index is 13.7. The average molecular weight is 516 g/mol. The normalized spacial score (nSPS) is 14.8. The van der Waals surface area contributed by atoms with Crippen LogP contribution in [0, 0.1) is 0 Å². The van der Waals surface area contributed by atoms with Crippen LogP contribution in [0.3, 0.4) is 0 Å². The Morgan fingerprint density at radius 1 is 0.919 bits per heavy atom. The molecule has 1 aliphatic heterocycles. The first kappa shape index (κ1) is 25.5. The van der Waals surface area contributed by atoms with E-state index in [0.717, 1.165) is 41.9 Å². The highest BCUT2D eigenvalue weighted by molar-refractivity contribution is 7.33. The van der Waals surface area contributed by atoms with Gasteiger partial charge in [-0.15, -0.1) is 0 Å². The number of hydrogen-bond donors (Lipinski definition) is 0. The number of hydrogen-bond acceptors (Lipinski definition) is 5. The molecular formula is C31H33NO4S. The molecule has 0 spiro atoms. The predicted molar refractivity (Wildman–Crippen MR) is 149 cm³/mol. The standard InChI is InChI=1S/C31H33NO4S/c1-31(2,3)36-25-16-12-23(13-17-25)29(33)30-28(26-8-4-5-9-27(26)37(30)34)22-10-14-24(15-11-22)35-21-20-32-18-6-7-19-32/h4-5,8-17H,6-7,18-21H2,1-3H3. The van der Waals surface area contributed by atoms with E-state index >= 15 is 0 Å². The lowest BCUT2D eigenvalue weighted by atomic mass is 9.98. The molecule has 1 unspecified atom stereocenters. The largest absolute Gasteiger partial charge is 0.590 e. The fourth-order valence-corrected chi connectivity index (χ4v) is 6.31. The lowest BCUT2D eigenvalue weighted by Crippen LogP contribution is -2.25. The summed E-state index contributed by atoms with van der Waals surface area (Å²) in [6.07, 6.45) is 2.53. The van der Waals surface area contributed by atoms with E-state index < -0.39 is 10.8 Å². The first-order chi connectivity index (χ1) is 17.8. The second-order valence-electron chi connectivity index (χ2n) is 10.5. The second-order valence-corrected chi connectivity index (χ2v) is 11.8. The van der Waals surface area contributed by atoms with Crippen molar-refractivity contribution in [3.8, 4) is 22.6 Å². The Hall–Kier alpha value is -3.19. The quantitative estimate of drug-likeness (QED) is 0.185. The van der Waals surface area contributed by atoms with Crippen LogP contribution < -0.4 is 9.47 Å². The van der Waals surface area contributed by atoms with Gasteiger partial charge in [-0.3, -0.25) is 9.69 Å². The van der Waals surface area contributed by atoms with E-state index in [1.54, 1.807) is 24.3 Å². The fraction of sp³-hybridized carbons (Fsp3) is 0.323. The van der Waals surface area contributed by atoms with E-state index in [9.17, 15) is 9.35 Å². The van der Waals surface area contributed by atoms with Crippen LogP contribution in [0.5, 0.6) is 11.5 Å². The molecule has 0 N–H and O–H groups in total. The summed E-state index contributed by atoms with van der Waals surface area (Å²) in [7, 11) is -1.57. The molecule has 5 rings (SSSR count). The van der Waals surface area contributed by atoms with Crippen molar-refractivity contribution < 1.29 is 18.8 Å². The Labute approximate surface area is 221 Å². The van der Waals surface area contributed by atoms with Crippen molar-refractivity contribution in [2.24, 2.45) is 0 Å². The molecule has 0 bridgehead atoms. The summed E-state index contributed by atoms with van der Waals surface area (Å²) in [4.78, 5) is 16.5. The Kier molecular flexibility index (Phi) is 7.33. The van der Waals surface area contributed by atoms with Crippen molar-refractivity contribution in [3.05, 3.63) is 83.2 Å². The number of carbonyl (C=O) groups is 1. The third kappa shape index (κ3) is 5.72. The summed E-state index contributed by atoms with van der Waals surface area (Å²) < 4.78 is 26.1. The van der Waals surface area contributed by atoms with E-state index in [1.165, 1.54) is 12.8 Å². The number of thiophene rings is 1. The molecule has 0 aliphatic carbocycles. The summed E-state index contributed by atoms with van der Waals surface area (Å²) in [6, 6.07) is 22.4. The van der Waals surface area contributed by atoms with E-state index in [1.807, 2.05) is 69.3 Å². The maximum Gasteiger partial charge on any atom is 0.245 e. The van der Waals surface area contributed by atoms with Crippen molar-refractivity contribution in [1.29, 1.82) is 0 Å². The maximum absolute atomic E-state index is 13.7. The molecule has 6 heteroatoms. The van der Waals surface area contributed by atoms with Crippen LogP contribution in [0.25, 0.3) is 21.2 Å². The minimum absolute atomic E-state index is 0.238. The molecule has 192 valence electrons.